The lowest BCUT2D eigenvalue weighted by Gasteiger charge is -2.25. The minimum atomic E-state index is -0.337. The third kappa shape index (κ3) is 6.38. The van der Waals surface area contributed by atoms with E-state index in [-0.39, 0.29) is 23.4 Å². The first-order valence-corrected chi connectivity index (χ1v) is 14.6. The first-order chi connectivity index (χ1) is 18.7. The zero-order chi connectivity index (χ0) is 27.6. The molecule has 1 aliphatic carbocycles. The largest absolute Gasteiger partial charge is 0.381 e. The molecule has 2 aliphatic rings. The van der Waals surface area contributed by atoms with Gasteiger partial charge in [0.15, 0.2) is 0 Å². The molecule has 208 valence electrons. The van der Waals surface area contributed by atoms with Crippen LogP contribution < -0.4 is 10.6 Å². The van der Waals surface area contributed by atoms with E-state index in [1.807, 2.05) is 45.0 Å². The van der Waals surface area contributed by atoms with Gasteiger partial charge in [0, 0.05) is 53.9 Å². The molecule has 1 aromatic heterocycles. The maximum Gasteiger partial charge on any atom is 0.253 e. The average molecular weight is 530 g/mol. The number of nitrogens with one attached hydrogen (secondary N) is 2. The van der Waals surface area contributed by atoms with Crippen LogP contribution in [0.25, 0.3) is 22.0 Å². The van der Waals surface area contributed by atoms with Crippen molar-refractivity contribution in [3.05, 3.63) is 59.3 Å². The monoisotopic (exact) mass is 529 g/mol. The predicted octanol–water partition coefficient (Wildman–Crippen LogP) is 6.63. The van der Waals surface area contributed by atoms with Gasteiger partial charge in [-0.25, -0.2) is 0 Å². The van der Waals surface area contributed by atoms with Crippen LogP contribution >= 0.6 is 0 Å². The molecule has 0 atom stereocenters. The van der Waals surface area contributed by atoms with Crippen LogP contribution in [-0.2, 0) is 11.3 Å². The topological polar surface area (TPSA) is 72.4 Å². The van der Waals surface area contributed by atoms with Crippen molar-refractivity contribution in [2.24, 2.45) is 5.92 Å². The summed E-state index contributed by atoms with van der Waals surface area (Å²) in [5.41, 5.74) is 4.02. The van der Waals surface area contributed by atoms with Crippen LogP contribution in [0.2, 0.25) is 0 Å². The van der Waals surface area contributed by atoms with Gasteiger partial charge >= 0.3 is 0 Å². The summed E-state index contributed by atoms with van der Waals surface area (Å²) in [7, 11) is 0. The van der Waals surface area contributed by atoms with Crippen molar-refractivity contribution in [3.63, 3.8) is 0 Å². The van der Waals surface area contributed by atoms with Crippen LogP contribution in [0.1, 0.15) is 92.1 Å². The lowest BCUT2D eigenvalue weighted by molar-refractivity contribution is 0.0696. The van der Waals surface area contributed by atoms with Gasteiger partial charge in [0.25, 0.3) is 11.8 Å². The van der Waals surface area contributed by atoms with Gasteiger partial charge in [-0.15, -0.1) is 0 Å². The molecule has 6 heteroatoms. The number of benzene rings is 2. The smallest absolute Gasteiger partial charge is 0.253 e. The quantitative estimate of drug-likeness (QED) is 0.376. The molecule has 2 fully saturated rings. The third-order valence-electron chi connectivity index (χ3n) is 8.22. The Morgan fingerprint density at radius 3 is 2.38 bits per heavy atom. The van der Waals surface area contributed by atoms with Gasteiger partial charge in [0.2, 0.25) is 0 Å². The van der Waals surface area contributed by atoms with Crippen molar-refractivity contribution in [1.29, 1.82) is 0 Å². The lowest BCUT2D eigenvalue weighted by Crippen LogP contribution is -2.40. The molecule has 6 nitrogen and oxygen atoms in total. The number of ether oxygens (including phenoxy) is 1. The molecule has 1 aliphatic heterocycles. The van der Waals surface area contributed by atoms with Gasteiger partial charge in [-0.3, -0.25) is 9.59 Å². The summed E-state index contributed by atoms with van der Waals surface area (Å²) in [6, 6.07) is 14.4. The Labute approximate surface area is 232 Å². The highest BCUT2D eigenvalue weighted by Gasteiger charge is 2.26. The number of nitrogens with zero attached hydrogens (tertiary/aromatic N) is 1. The minimum absolute atomic E-state index is 0.0195. The van der Waals surface area contributed by atoms with Crippen molar-refractivity contribution in [2.75, 3.05) is 13.2 Å². The van der Waals surface area contributed by atoms with Crippen molar-refractivity contribution in [1.82, 2.24) is 15.2 Å². The Kier molecular flexibility index (Phi) is 8.13. The maximum atomic E-state index is 13.6. The number of aromatic nitrogens is 1. The highest BCUT2D eigenvalue weighted by molar-refractivity contribution is 6.05. The van der Waals surface area contributed by atoms with E-state index in [2.05, 4.69) is 40.3 Å². The first kappa shape index (κ1) is 27.4. The zero-order valence-electron chi connectivity index (χ0n) is 23.9. The number of fused-ring (bicyclic) bond motifs is 1. The summed E-state index contributed by atoms with van der Waals surface area (Å²) in [6.45, 7) is 10.3. The van der Waals surface area contributed by atoms with Gasteiger partial charge in [-0.1, -0.05) is 43.5 Å². The van der Waals surface area contributed by atoms with E-state index < -0.39 is 0 Å². The summed E-state index contributed by atoms with van der Waals surface area (Å²) in [5, 5.41) is 8.49. The number of rotatable bonds is 6. The van der Waals surface area contributed by atoms with E-state index in [1.54, 1.807) is 0 Å². The molecule has 3 aromatic rings. The van der Waals surface area contributed by atoms with E-state index >= 15 is 0 Å². The van der Waals surface area contributed by atoms with Crippen LogP contribution in [0.4, 0.5) is 0 Å². The molecule has 2 amide bonds. The SMILES string of the molecule is Cc1c(C(=O)NC2CCOCC2)cc(-c2cc(C(=O)NC(C)(C)C)cc3ccccc23)n1CC1CCCCC1. The van der Waals surface area contributed by atoms with Gasteiger partial charge in [0.05, 0.1) is 5.56 Å². The highest BCUT2D eigenvalue weighted by Crippen LogP contribution is 2.36. The zero-order valence-corrected chi connectivity index (χ0v) is 23.9. The lowest BCUT2D eigenvalue weighted by atomic mass is 9.89. The van der Waals surface area contributed by atoms with Gasteiger partial charge in [-0.2, -0.15) is 0 Å². The number of hydrogen-bond donors (Lipinski definition) is 2. The Morgan fingerprint density at radius 2 is 1.67 bits per heavy atom. The molecular formula is C33H43N3O3. The molecule has 39 heavy (non-hydrogen) atoms. The first-order valence-electron chi connectivity index (χ1n) is 14.6. The fourth-order valence-corrected chi connectivity index (χ4v) is 6.13. The third-order valence-corrected chi connectivity index (χ3v) is 8.22. The summed E-state index contributed by atoms with van der Waals surface area (Å²) >= 11 is 0. The van der Waals surface area contributed by atoms with Crippen molar-refractivity contribution in [3.8, 4) is 11.3 Å². The van der Waals surface area contributed by atoms with Gasteiger partial charge < -0.3 is 19.9 Å². The predicted molar refractivity (Wildman–Crippen MR) is 157 cm³/mol. The Morgan fingerprint density at radius 1 is 0.949 bits per heavy atom. The van der Waals surface area contributed by atoms with Crippen LogP contribution in [-0.4, -0.2) is 41.2 Å². The van der Waals surface area contributed by atoms with Crippen molar-refractivity contribution in [2.45, 2.75) is 90.8 Å². The molecule has 5 rings (SSSR count). The standard InChI is InChI=1S/C33H43N3O3/c1-22-28(32(38)34-26-14-16-39-17-15-26)20-30(36(22)21-23-10-6-5-7-11-23)29-19-25(31(37)35-33(2,3)4)18-24-12-8-9-13-27(24)29/h8-9,12-13,18-20,23,26H,5-7,10-11,14-17,21H2,1-4H3,(H,34,38)(H,35,37). The van der Waals surface area contributed by atoms with Crippen LogP contribution in [0.3, 0.4) is 0 Å². The van der Waals surface area contributed by atoms with Crippen LogP contribution in [0, 0.1) is 12.8 Å². The fraction of sp³-hybridized carbons (Fsp3) is 0.515. The summed E-state index contributed by atoms with van der Waals surface area (Å²) in [5.74, 6) is 0.483. The maximum absolute atomic E-state index is 13.6. The molecule has 1 saturated carbocycles. The Hall–Kier alpha value is -3.12. The van der Waals surface area contributed by atoms with Gasteiger partial charge in [-0.05, 0) is 88.3 Å². The number of carbonyl (C=O) groups is 2. The molecular weight excluding hydrogens is 486 g/mol. The van der Waals surface area contributed by atoms with Crippen molar-refractivity contribution >= 4 is 22.6 Å². The van der Waals surface area contributed by atoms with E-state index in [0.717, 1.165) is 52.7 Å². The van der Waals surface area contributed by atoms with E-state index in [9.17, 15) is 9.59 Å². The Bertz CT molecular complexity index is 1340. The normalized spacial score (nSPS) is 17.3. The van der Waals surface area contributed by atoms with Gasteiger partial charge in [0.1, 0.15) is 0 Å². The molecule has 0 spiro atoms. The summed E-state index contributed by atoms with van der Waals surface area (Å²) < 4.78 is 7.84. The second-order valence-electron chi connectivity index (χ2n) is 12.5. The number of amides is 2. The molecule has 0 bridgehead atoms. The highest BCUT2D eigenvalue weighted by atomic mass is 16.5. The molecule has 0 radical (unpaired) electrons. The van der Waals surface area contributed by atoms with E-state index in [4.69, 9.17) is 4.74 Å². The van der Waals surface area contributed by atoms with Crippen molar-refractivity contribution < 1.29 is 14.3 Å². The second-order valence-corrected chi connectivity index (χ2v) is 12.5. The molecule has 2 aromatic carbocycles. The minimum Gasteiger partial charge on any atom is -0.381 e. The molecule has 2 heterocycles. The Balaban J connectivity index is 1.60. The summed E-state index contributed by atoms with van der Waals surface area (Å²) in [4.78, 5) is 26.9. The van der Waals surface area contributed by atoms with E-state index in [0.29, 0.717) is 24.7 Å². The molecule has 1 saturated heterocycles. The average Bonchev–Trinajstić information content (AvgIpc) is 3.24. The fourth-order valence-electron chi connectivity index (χ4n) is 6.13. The van der Waals surface area contributed by atoms with Crippen LogP contribution in [0.15, 0.2) is 42.5 Å². The van der Waals surface area contributed by atoms with E-state index in [1.165, 1.54) is 32.1 Å². The molecule has 2 N–H and O–H groups in total. The molecule has 0 unspecified atom stereocenters. The number of carbonyl (C=O) groups excluding carboxylic acids is 2. The summed E-state index contributed by atoms with van der Waals surface area (Å²) in [6.07, 6.45) is 7.96. The van der Waals surface area contributed by atoms with Crippen LogP contribution in [0.5, 0.6) is 0 Å². The second kappa shape index (κ2) is 11.5. The number of hydrogen-bond acceptors (Lipinski definition) is 3.